The van der Waals surface area contributed by atoms with E-state index in [4.69, 9.17) is 0 Å². The molecule has 1 N–H and O–H groups in total. The van der Waals surface area contributed by atoms with E-state index < -0.39 is 0 Å². The minimum atomic E-state index is 0.150. The van der Waals surface area contributed by atoms with Gasteiger partial charge in [-0.05, 0) is 38.3 Å². The van der Waals surface area contributed by atoms with Gasteiger partial charge in [-0.15, -0.1) is 0 Å². The molecule has 1 aliphatic rings. The summed E-state index contributed by atoms with van der Waals surface area (Å²) in [7, 11) is 2.06. The molecule has 0 atom stereocenters. The molecule has 0 saturated carbocycles. The first-order valence-electron chi connectivity index (χ1n) is 7.98. The zero-order valence-electron chi connectivity index (χ0n) is 13.4. The fourth-order valence-electron chi connectivity index (χ4n) is 3.53. The number of carbonyl (C=O) groups is 1. The third kappa shape index (κ3) is 2.13. The van der Waals surface area contributed by atoms with Crippen molar-refractivity contribution in [2.45, 2.75) is 26.2 Å². The molecular formula is C19H19N3O. The van der Waals surface area contributed by atoms with Gasteiger partial charge in [-0.1, -0.05) is 18.2 Å². The molecule has 0 aliphatic heterocycles. The van der Waals surface area contributed by atoms with Gasteiger partial charge in [0, 0.05) is 34.9 Å². The highest BCUT2D eigenvalue weighted by atomic mass is 16.1. The molecule has 4 rings (SSSR count). The fourth-order valence-corrected chi connectivity index (χ4v) is 3.53. The zero-order valence-corrected chi connectivity index (χ0v) is 13.4. The molecule has 1 aromatic carbocycles. The van der Waals surface area contributed by atoms with Crippen LogP contribution in [0.2, 0.25) is 0 Å². The third-order valence-electron chi connectivity index (χ3n) is 4.79. The minimum Gasteiger partial charge on any atom is -0.348 e. The van der Waals surface area contributed by atoms with Gasteiger partial charge in [-0.25, -0.2) is 4.98 Å². The van der Waals surface area contributed by atoms with Crippen molar-refractivity contribution in [1.82, 2.24) is 14.5 Å². The number of fused-ring (bicyclic) bond motifs is 3. The average Bonchev–Trinajstić information content (AvgIpc) is 3.02. The Hall–Kier alpha value is -2.62. The van der Waals surface area contributed by atoms with Gasteiger partial charge in [0.1, 0.15) is 0 Å². The predicted octanol–water partition coefficient (Wildman–Crippen LogP) is 3.81. The van der Waals surface area contributed by atoms with E-state index in [0.717, 1.165) is 58.4 Å². The van der Waals surface area contributed by atoms with Gasteiger partial charge in [0.15, 0.2) is 5.78 Å². The Morgan fingerprint density at radius 3 is 2.87 bits per heavy atom. The van der Waals surface area contributed by atoms with Crippen LogP contribution in [0.4, 0.5) is 0 Å². The number of allylic oxidation sites excluding steroid dienone is 1. The van der Waals surface area contributed by atoms with Crippen LogP contribution in [0.15, 0.2) is 36.2 Å². The number of imidazole rings is 1. The number of benzene rings is 1. The molecule has 4 nitrogen and oxygen atoms in total. The summed E-state index contributed by atoms with van der Waals surface area (Å²) in [4.78, 5) is 20.6. The van der Waals surface area contributed by atoms with Crippen LogP contribution < -0.4 is 0 Å². The standard InChI is InChI=1S/C19H19N3O/c1-12-15(21-11-20-12)10-13-6-5-9-17-18(19(13)23)14-7-3-4-8-16(14)22(17)2/h3-4,7-8,10-11H,5-6,9H2,1-2H3,(H,20,21). The van der Waals surface area contributed by atoms with Crippen molar-refractivity contribution in [3.63, 3.8) is 0 Å². The Bertz CT molecular complexity index is 943. The Kier molecular flexibility index (Phi) is 3.18. The van der Waals surface area contributed by atoms with E-state index in [1.54, 1.807) is 6.33 Å². The number of hydrogen-bond donors (Lipinski definition) is 1. The Morgan fingerprint density at radius 2 is 2.09 bits per heavy atom. The number of ketones is 1. The van der Waals surface area contributed by atoms with Crippen LogP contribution in [0.1, 0.15) is 40.3 Å². The minimum absolute atomic E-state index is 0.150. The summed E-state index contributed by atoms with van der Waals surface area (Å²) < 4.78 is 2.17. The summed E-state index contributed by atoms with van der Waals surface area (Å²) >= 11 is 0. The second-order valence-electron chi connectivity index (χ2n) is 6.16. The highest BCUT2D eigenvalue weighted by molar-refractivity contribution is 6.19. The van der Waals surface area contributed by atoms with Crippen LogP contribution in [0, 0.1) is 6.92 Å². The largest absolute Gasteiger partial charge is 0.348 e. The molecule has 3 aromatic rings. The first-order chi connectivity index (χ1) is 11.2. The van der Waals surface area contributed by atoms with Gasteiger partial charge < -0.3 is 9.55 Å². The summed E-state index contributed by atoms with van der Waals surface area (Å²) in [5.41, 5.74) is 5.86. The lowest BCUT2D eigenvalue weighted by Gasteiger charge is -2.03. The zero-order chi connectivity index (χ0) is 16.0. The number of carbonyl (C=O) groups excluding carboxylic acids is 1. The van der Waals surface area contributed by atoms with Crippen LogP contribution in [-0.2, 0) is 13.5 Å². The number of hydrogen-bond acceptors (Lipinski definition) is 2. The van der Waals surface area contributed by atoms with Crippen molar-refractivity contribution < 1.29 is 4.79 Å². The lowest BCUT2D eigenvalue weighted by molar-refractivity contribution is 0.103. The van der Waals surface area contributed by atoms with Crippen LogP contribution in [0.25, 0.3) is 17.0 Å². The van der Waals surface area contributed by atoms with E-state index in [1.807, 2.05) is 25.1 Å². The van der Waals surface area contributed by atoms with Crippen LogP contribution in [-0.4, -0.2) is 20.3 Å². The molecule has 4 heteroatoms. The van der Waals surface area contributed by atoms with E-state index in [0.29, 0.717) is 0 Å². The van der Waals surface area contributed by atoms with Gasteiger partial charge in [0.05, 0.1) is 17.6 Å². The first kappa shape index (κ1) is 14.0. The number of aryl methyl sites for hydroxylation is 2. The fraction of sp³-hybridized carbons (Fsp3) is 0.263. The number of nitrogens with one attached hydrogen (secondary N) is 1. The number of Topliss-reactive ketones (excluding diaryl/α,β-unsaturated/α-hetero) is 1. The normalized spacial score (nSPS) is 16.8. The van der Waals surface area contributed by atoms with E-state index in [-0.39, 0.29) is 5.78 Å². The molecule has 0 bridgehead atoms. The van der Waals surface area contributed by atoms with E-state index in [9.17, 15) is 4.79 Å². The molecule has 0 spiro atoms. The van der Waals surface area contributed by atoms with Gasteiger partial charge in [-0.3, -0.25) is 4.79 Å². The van der Waals surface area contributed by atoms with Crippen molar-refractivity contribution in [3.8, 4) is 0 Å². The van der Waals surface area contributed by atoms with E-state index >= 15 is 0 Å². The van der Waals surface area contributed by atoms with Crippen LogP contribution >= 0.6 is 0 Å². The number of aromatic nitrogens is 3. The van der Waals surface area contributed by atoms with Gasteiger partial charge in [0.25, 0.3) is 0 Å². The smallest absolute Gasteiger partial charge is 0.191 e. The maximum Gasteiger partial charge on any atom is 0.191 e. The van der Waals surface area contributed by atoms with Crippen molar-refractivity contribution in [2.75, 3.05) is 0 Å². The van der Waals surface area contributed by atoms with Crippen molar-refractivity contribution in [3.05, 3.63) is 58.8 Å². The molecule has 1 aliphatic carbocycles. The van der Waals surface area contributed by atoms with Crippen molar-refractivity contribution in [1.29, 1.82) is 0 Å². The summed E-state index contributed by atoms with van der Waals surface area (Å²) in [6.45, 7) is 1.98. The highest BCUT2D eigenvalue weighted by Crippen LogP contribution is 2.33. The first-order valence-corrected chi connectivity index (χ1v) is 7.98. The molecular weight excluding hydrogens is 286 g/mol. The summed E-state index contributed by atoms with van der Waals surface area (Å²) in [6, 6.07) is 8.16. The molecule has 0 radical (unpaired) electrons. The Morgan fingerprint density at radius 1 is 1.26 bits per heavy atom. The summed E-state index contributed by atoms with van der Waals surface area (Å²) in [6.07, 6.45) is 6.34. The van der Waals surface area contributed by atoms with Crippen molar-refractivity contribution in [2.24, 2.45) is 7.05 Å². The quantitative estimate of drug-likeness (QED) is 0.549. The van der Waals surface area contributed by atoms with Crippen LogP contribution in [0.5, 0.6) is 0 Å². The second kappa shape index (κ2) is 5.23. The third-order valence-corrected chi connectivity index (χ3v) is 4.79. The number of aromatic amines is 1. The van der Waals surface area contributed by atoms with Gasteiger partial charge in [-0.2, -0.15) is 0 Å². The molecule has 0 saturated heterocycles. The van der Waals surface area contributed by atoms with Crippen molar-refractivity contribution >= 4 is 22.8 Å². The monoisotopic (exact) mass is 305 g/mol. The molecule has 2 heterocycles. The predicted molar refractivity (Wildman–Crippen MR) is 91.5 cm³/mol. The summed E-state index contributed by atoms with van der Waals surface area (Å²) in [5, 5.41) is 1.06. The highest BCUT2D eigenvalue weighted by Gasteiger charge is 2.26. The number of H-pyrrole nitrogens is 1. The molecule has 0 unspecified atom stereocenters. The van der Waals surface area contributed by atoms with Gasteiger partial charge in [0.2, 0.25) is 0 Å². The lowest BCUT2D eigenvalue weighted by atomic mass is 9.99. The molecule has 116 valence electrons. The Balaban J connectivity index is 1.91. The van der Waals surface area contributed by atoms with E-state index in [1.165, 1.54) is 0 Å². The molecule has 0 fully saturated rings. The maximum atomic E-state index is 13.2. The number of rotatable bonds is 1. The van der Waals surface area contributed by atoms with Crippen LogP contribution in [0.3, 0.4) is 0 Å². The SMILES string of the molecule is Cc1[nH]cnc1C=C1CCCc2c(c3ccccc3n2C)C1=O. The molecule has 23 heavy (non-hydrogen) atoms. The summed E-state index contributed by atoms with van der Waals surface area (Å²) in [5.74, 6) is 0.150. The van der Waals surface area contributed by atoms with E-state index in [2.05, 4.69) is 33.7 Å². The number of nitrogens with zero attached hydrogens (tertiary/aromatic N) is 2. The Labute approximate surface area is 134 Å². The lowest BCUT2D eigenvalue weighted by Crippen LogP contribution is -2.04. The average molecular weight is 305 g/mol. The number of para-hydroxylation sites is 1. The molecule has 2 aromatic heterocycles. The topological polar surface area (TPSA) is 50.7 Å². The second-order valence-corrected chi connectivity index (χ2v) is 6.16. The van der Waals surface area contributed by atoms with Gasteiger partial charge >= 0.3 is 0 Å². The molecule has 0 amide bonds. The maximum absolute atomic E-state index is 13.2.